The molecule has 0 bridgehead atoms. The van der Waals surface area contributed by atoms with Gasteiger partial charge in [-0.1, -0.05) is 43.7 Å². The maximum absolute atomic E-state index is 11.6. The topological polar surface area (TPSA) is 53.4 Å². The van der Waals surface area contributed by atoms with Crippen LogP contribution in [-0.2, 0) is 16.0 Å². The van der Waals surface area contributed by atoms with Gasteiger partial charge >= 0.3 is 0 Å². The number of nitrogens with zero attached hydrogens (tertiary/aromatic N) is 2. The number of hydrogen-bond acceptors (Lipinski definition) is 4. The molecule has 0 aliphatic heterocycles. The number of imidazole rings is 1. The van der Waals surface area contributed by atoms with Crippen LogP contribution in [0.3, 0.4) is 0 Å². The molecule has 1 heterocycles. The SMILES string of the molecule is CCCCn1c(-c2ccccc2)nc(C(OC)OC)c1C=O. The Labute approximate surface area is 130 Å². The summed E-state index contributed by atoms with van der Waals surface area (Å²) in [6.45, 7) is 2.86. The molecule has 0 aliphatic carbocycles. The fourth-order valence-corrected chi connectivity index (χ4v) is 2.45. The van der Waals surface area contributed by atoms with Gasteiger partial charge in [-0.25, -0.2) is 4.98 Å². The van der Waals surface area contributed by atoms with Crippen LogP contribution in [0.5, 0.6) is 0 Å². The lowest BCUT2D eigenvalue weighted by Crippen LogP contribution is -2.09. The van der Waals surface area contributed by atoms with E-state index in [0.29, 0.717) is 11.4 Å². The zero-order chi connectivity index (χ0) is 15.9. The van der Waals surface area contributed by atoms with Gasteiger partial charge in [0, 0.05) is 26.3 Å². The van der Waals surface area contributed by atoms with Gasteiger partial charge in [-0.15, -0.1) is 0 Å². The summed E-state index contributed by atoms with van der Waals surface area (Å²) in [7, 11) is 3.08. The summed E-state index contributed by atoms with van der Waals surface area (Å²) in [6, 6.07) is 9.84. The molecule has 0 N–H and O–H groups in total. The van der Waals surface area contributed by atoms with Gasteiger partial charge in [0.15, 0.2) is 6.29 Å². The third kappa shape index (κ3) is 3.26. The molecule has 0 unspecified atom stereocenters. The van der Waals surface area contributed by atoms with Crippen molar-refractivity contribution in [2.75, 3.05) is 14.2 Å². The van der Waals surface area contributed by atoms with Gasteiger partial charge in [0.2, 0.25) is 6.29 Å². The molecule has 1 aromatic carbocycles. The van der Waals surface area contributed by atoms with Crippen LogP contribution < -0.4 is 0 Å². The molecule has 22 heavy (non-hydrogen) atoms. The molecular weight excluding hydrogens is 280 g/mol. The highest BCUT2D eigenvalue weighted by atomic mass is 16.7. The maximum Gasteiger partial charge on any atom is 0.202 e. The molecule has 0 saturated heterocycles. The Morgan fingerprint density at radius 2 is 1.91 bits per heavy atom. The molecule has 0 amide bonds. The summed E-state index contributed by atoms with van der Waals surface area (Å²) >= 11 is 0. The van der Waals surface area contributed by atoms with Crippen molar-refractivity contribution in [1.29, 1.82) is 0 Å². The minimum absolute atomic E-state index is 0.515. The zero-order valence-electron chi connectivity index (χ0n) is 13.3. The molecule has 1 aromatic heterocycles. The van der Waals surface area contributed by atoms with E-state index in [1.807, 2.05) is 34.9 Å². The number of aromatic nitrogens is 2. The van der Waals surface area contributed by atoms with Crippen molar-refractivity contribution in [3.8, 4) is 11.4 Å². The van der Waals surface area contributed by atoms with Crippen molar-refractivity contribution in [2.24, 2.45) is 0 Å². The number of benzene rings is 1. The van der Waals surface area contributed by atoms with Crippen molar-refractivity contribution < 1.29 is 14.3 Å². The molecule has 2 rings (SSSR count). The molecule has 0 spiro atoms. The van der Waals surface area contributed by atoms with Gasteiger partial charge in [0.25, 0.3) is 0 Å². The summed E-state index contributed by atoms with van der Waals surface area (Å²) in [5, 5.41) is 0. The Hall–Kier alpha value is -1.98. The summed E-state index contributed by atoms with van der Waals surface area (Å²) in [5.74, 6) is 0.769. The highest BCUT2D eigenvalue weighted by Crippen LogP contribution is 2.27. The molecule has 5 nitrogen and oxygen atoms in total. The first-order valence-electron chi connectivity index (χ1n) is 7.43. The van der Waals surface area contributed by atoms with Crippen LogP contribution in [0.2, 0.25) is 0 Å². The van der Waals surface area contributed by atoms with Crippen molar-refractivity contribution >= 4 is 6.29 Å². The number of unbranched alkanes of at least 4 members (excludes halogenated alkanes) is 1. The van der Waals surface area contributed by atoms with Gasteiger partial charge in [-0.05, 0) is 6.42 Å². The first kappa shape index (κ1) is 16.4. The number of ether oxygens (including phenoxy) is 2. The van der Waals surface area contributed by atoms with Crippen LogP contribution in [0, 0.1) is 0 Å². The van der Waals surface area contributed by atoms with Crippen LogP contribution >= 0.6 is 0 Å². The molecule has 2 aromatic rings. The van der Waals surface area contributed by atoms with Gasteiger partial charge < -0.3 is 14.0 Å². The van der Waals surface area contributed by atoms with E-state index in [0.717, 1.165) is 37.1 Å². The van der Waals surface area contributed by atoms with E-state index in [-0.39, 0.29) is 0 Å². The van der Waals surface area contributed by atoms with E-state index in [1.165, 1.54) is 14.2 Å². The molecule has 0 fully saturated rings. The highest BCUT2D eigenvalue weighted by molar-refractivity contribution is 5.77. The van der Waals surface area contributed by atoms with E-state index >= 15 is 0 Å². The fraction of sp³-hybridized carbons (Fsp3) is 0.412. The average Bonchev–Trinajstić information content (AvgIpc) is 2.93. The van der Waals surface area contributed by atoms with E-state index in [9.17, 15) is 4.79 Å². The summed E-state index contributed by atoms with van der Waals surface area (Å²) in [6.07, 6.45) is 2.19. The van der Waals surface area contributed by atoms with Crippen LogP contribution in [0.1, 0.15) is 42.2 Å². The highest BCUT2D eigenvalue weighted by Gasteiger charge is 2.24. The normalized spacial score (nSPS) is 11.1. The lowest BCUT2D eigenvalue weighted by Gasteiger charge is -2.12. The minimum atomic E-state index is -0.648. The number of hydrogen-bond donors (Lipinski definition) is 0. The average molecular weight is 302 g/mol. The van der Waals surface area contributed by atoms with E-state index in [4.69, 9.17) is 9.47 Å². The Morgan fingerprint density at radius 1 is 1.23 bits per heavy atom. The smallest absolute Gasteiger partial charge is 0.202 e. The summed E-state index contributed by atoms with van der Waals surface area (Å²) in [5.41, 5.74) is 2.01. The minimum Gasteiger partial charge on any atom is -0.350 e. The predicted molar refractivity (Wildman–Crippen MR) is 84.7 cm³/mol. The van der Waals surface area contributed by atoms with Gasteiger partial charge in [0.05, 0.1) is 0 Å². The van der Waals surface area contributed by atoms with Crippen LogP contribution in [0.15, 0.2) is 30.3 Å². The molecule has 118 valence electrons. The third-order valence-corrected chi connectivity index (χ3v) is 3.57. The monoisotopic (exact) mass is 302 g/mol. The molecule has 5 heteroatoms. The quantitative estimate of drug-likeness (QED) is 0.553. The summed E-state index contributed by atoms with van der Waals surface area (Å²) in [4.78, 5) is 16.2. The van der Waals surface area contributed by atoms with Gasteiger partial charge in [0.1, 0.15) is 17.2 Å². The van der Waals surface area contributed by atoms with Crippen LogP contribution in [0.25, 0.3) is 11.4 Å². The van der Waals surface area contributed by atoms with Crippen LogP contribution in [-0.4, -0.2) is 30.1 Å². The van der Waals surface area contributed by atoms with Crippen molar-refractivity contribution in [2.45, 2.75) is 32.6 Å². The van der Waals surface area contributed by atoms with Crippen molar-refractivity contribution in [3.63, 3.8) is 0 Å². The molecular formula is C17H22N2O3. The van der Waals surface area contributed by atoms with E-state index < -0.39 is 6.29 Å². The first-order valence-corrected chi connectivity index (χ1v) is 7.43. The number of carbonyl (C=O) groups is 1. The second-order valence-corrected chi connectivity index (χ2v) is 5.00. The summed E-state index contributed by atoms with van der Waals surface area (Å²) < 4.78 is 12.5. The Morgan fingerprint density at radius 3 is 2.45 bits per heavy atom. The Bertz CT molecular complexity index is 604. The van der Waals surface area contributed by atoms with Gasteiger partial charge in [-0.3, -0.25) is 4.79 Å². The van der Waals surface area contributed by atoms with Crippen molar-refractivity contribution in [3.05, 3.63) is 41.7 Å². The Balaban J connectivity index is 2.58. The van der Waals surface area contributed by atoms with E-state index in [2.05, 4.69) is 11.9 Å². The second kappa shape index (κ2) is 7.87. The van der Waals surface area contributed by atoms with Gasteiger partial charge in [-0.2, -0.15) is 0 Å². The third-order valence-electron chi connectivity index (χ3n) is 3.57. The maximum atomic E-state index is 11.6. The van der Waals surface area contributed by atoms with Crippen molar-refractivity contribution in [1.82, 2.24) is 9.55 Å². The zero-order valence-corrected chi connectivity index (χ0v) is 13.3. The lowest BCUT2D eigenvalue weighted by molar-refractivity contribution is -0.108. The number of aldehydes is 1. The molecule has 0 saturated carbocycles. The molecule has 0 atom stereocenters. The largest absolute Gasteiger partial charge is 0.350 e. The lowest BCUT2D eigenvalue weighted by atomic mass is 10.2. The van der Waals surface area contributed by atoms with E-state index in [1.54, 1.807) is 0 Å². The second-order valence-electron chi connectivity index (χ2n) is 5.00. The molecule has 0 radical (unpaired) electrons. The fourth-order valence-electron chi connectivity index (χ4n) is 2.45. The molecule has 0 aliphatic rings. The Kier molecular flexibility index (Phi) is 5.86. The number of methoxy groups -OCH3 is 2. The standard InChI is InChI=1S/C17H22N2O3/c1-4-5-11-19-14(12-20)15(17(21-2)22-3)18-16(19)13-9-7-6-8-10-13/h6-10,12,17H,4-5,11H2,1-3H3. The van der Waals surface area contributed by atoms with Crippen LogP contribution in [0.4, 0.5) is 0 Å². The first-order chi connectivity index (χ1) is 10.8. The number of carbonyl (C=O) groups excluding carboxylic acids is 1. The predicted octanol–water partition coefficient (Wildman–Crippen LogP) is 3.45. The number of rotatable bonds is 8.